The number of ketones is 1. The average molecular weight is 292 g/mol. The normalized spacial score (nSPS) is 9.65. The van der Waals surface area contributed by atoms with Crippen LogP contribution in [-0.2, 0) is 6.42 Å². The van der Waals surface area contributed by atoms with Crippen molar-refractivity contribution in [1.29, 1.82) is 0 Å². The summed E-state index contributed by atoms with van der Waals surface area (Å²) in [5.74, 6) is 0.677. The number of ether oxygens (including phenoxy) is 1. The molecule has 0 heterocycles. The molecule has 3 nitrogen and oxygen atoms in total. The number of carbonyl (C=O) groups is 1. The summed E-state index contributed by atoms with van der Waals surface area (Å²) >= 11 is 0. The second-order valence-electron chi connectivity index (χ2n) is 4.26. The van der Waals surface area contributed by atoms with Crippen LogP contribution < -0.4 is 10.5 Å². The Morgan fingerprint density at radius 3 is 2.25 bits per heavy atom. The number of hydrogen-bond donors (Lipinski definition) is 1. The van der Waals surface area contributed by atoms with Gasteiger partial charge in [0.1, 0.15) is 5.75 Å². The van der Waals surface area contributed by atoms with Crippen molar-refractivity contribution in [2.45, 2.75) is 6.42 Å². The molecule has 2 rings (SSSR count). The third-order valence-electron chi connectivity index (χ3n) is 2.82. The largest absolute Gasteiger partial charge is 0.485 e. The van der Waals surface area contributed by atoms with Gasteiger partial charge in [0.25, 0.3) is 0 Å². The van der Waals surface area contributed by atoms with Crippen molar-refractivity contribution in [2.24, 2.45) is 5.73 Å². The van der Waals surface area contributed by atoms with E-state index in [9.17, 15) is 4.79 Å². The SMILES string of the molecule is Cl.NCCc1ccc(OCC(=O)c2ccccc2)cc1. The first-order chi connectivity index (χ1) is 9.29. The number of hydrogen-bond acceptors (Lipinski definition) is 3. The van der Waals surface area contributed by atoms with Crippen LogP contribution in [0.3, 0.4) is 0 Å². The number of benzene rings is 2. The fraction of sp³-hybridized carbons (Fsp3) is 0.188. The molecule has 0 atom stereocenters. The maximum absolute atomic E-state index is 11.8. The summed E-state index contributed by atoms with van der Waals surface area (Å²) in [6.07, 6.45) is 0.850. The summed E-state index contributed by atoms with van der Waals surface area (Å²) in [5.41, 5.74) is 7.32. The highest BCUT2D eigenvalue weighted by Crippen LogP contribution is 2.13. The molecule has 0 amide bonds. The van der Waals surface area contributed by atoms with Gasteiger partial charge in [0, 0.05) is 5.56 Å². The maximum Gasteiger partial charge on any atom is 0.200 e. The summed E-state index contributed by atoms with van der Waals surface area (Å²) in [6.45, 7) is 0.687. The first kappa shape index (κ1) is 16.2. The van der Waals surface area contributed by atoms with E-state index in [0.29, 0.717) is 17.9 Å². The zero-order valence-corrected chi connectivity index (χ0v) is 11.9. The quantitative estimate of drug-likeness (QED) is 0.833. The highest BCUT2D eigenvalue weighted by molar-refractivity contribution is 5.97. The minimum Gasteiger partial charge on any atom is -0.485 e. The van der Waals surface area contributed by atoms with Gasteiger partial charge in [0.05, 0.1) is 0 Å². The fourth-order valence-corrected chi connectivity index (χ4v) is 1.78. The molecule has 0 saturated heterocycles. The van der Waals surface area contributed by atoms with E-state index in [1.54, 1.807) is 12.1 Å². The van der Waals surface area contributed by atoms with Gasteiger partial charge >= 0.3 is 0 Å². The first-order valence-electron chi connectivity index (χ1n) is 6.29. The van der Waals surface area contributed by atoms with Gasteiger partial charge < -0.3 is 10.5 Å². The lowest BCUT2D eigenvalue weighted by Gasteiger charge is -2.06. The minimum absolute atomic E-state index is 0. The summed E-state index contributed by atoms with van der Waals surface area (Å²) < 4.78 is 5.47. The van der Waals surface area contributed by atoms with Crippen LogP contribution in [0.15, 0.2) is 54.6 Å². The van der Waals surface area contributed by atoms with Crippen molar-refractivity contribution >= 4 is 18.2 Å². The lowest BCUT2D eigenvalue weighted by atomic mass is 10.1. The molecular formula is C16H18ClNO2. The highest BCUT2D eigenvalue weighted by atomic mass is 35.5. The van der Waals surface area contributed by atoms with Crippen molar-refractivity contribution in [3.8, 4) is 5.75 Å². The second-order valence-corrected chi connectivity index (χ2v) is 4.26. The van der Waals surface area contributed by atoms with Crippen LogP contribution in [0.1, 0.15) is 15.9 Å². The summed E-state index contributed by atoms with van der Waals surface area (Å²) in [6, 6.07) is 16.8. The molecule has 0 aromatic heterocycles. The predicted octanol–water partition coefficient (Wildman–Crippen LogP) is 2.87. The fourth-order valence-electron chi connectivity index (χ4n) is 1.78. The molecule has 4 heteroatoms. The number of carbonyl (C=O) groups excluding carboxylic acids is 1. The first-order valence-corrected chi connectivity index (χ1v) is 6.29. The number of halogens is 1. The van der Waals surface area contributed by atoms with Gasteiger partial charge in [0.15, 0.2) is 12.4 Å². The standard InChI is InChI=1S/C16H17NO2.ClH/c17-11-10-13-6-8-15(9-7-13)19-12-16(18)14-4-2-1-3-5-14;/h1-9H,10-12,17H2;1H. The van der Waals surface area contributed by atoms with Gasteiger partial charge in [-0.1, -0.05) is 42.5 Å². The highest BCUT2D eigenvalue weighted by Gasteiger charge is 2.05. The van der Waals surface area contributed by atoms with E-state index in [1.165, 1.54) is 5.56 Å². The van der Waals surface area contributed by atoms with E-state index >= 15 is 0 Å². The Hall–Kier alpha value is -1.84. The van der Waals surface area contributed by atoms with Gasteiger partial charge in [-0.2, -0.15) is 0 Å². The summed E-state index contributed by atoms with van der Waals surface area (Å²) in [5, 5.41) is 0. The predicted molar refractivity (Wildman–Crippen MR) is 82.7 cm³/mol. The number of nitrogens with two attached hydrogens (primary N) is 1. The van der Waals surface area contributed by atoms with E-state index in [1.807, 2.05) is 42.5 Å². The van der Waals surface area contributed by atoms with Crippen molar-refractivity contribution in [1.82, 2.24) is 0 Å². The third-order valence-corrected chi connectivity index (χ3v) is 2.82. The van der Waals surface area contributed by atoms with Gasteiger partial charge in [-0.05, 0) is 30.7 Å². The summed E-state index contributed by atoms with van der Waals surface area (Å²) in [4.78, 5) is 11.8. The third kappa shape index (κ3) is 4.68. The van der Waals surface area contributed by atoms with Crippen LogP contribution in [0.2, 0.25) is 0 Å². The van der Waals surface area contributed by atoms with Crippen molar-refractivity contribution in [3.05, 3.63) is 65.7 Å². The maximum atomic E-state index is 11.8. The molecule has 0 saturated carbocycles. The zero-order valence-electron chi connectivity index (χ0n) is 11.1. The molecule has 2 aromatic rings. The minimum atomic E-state index is -0.0216. The molecule has 20 heavy (non-hydrogen) atoms. The molecular weight excluding hydrogens is 274 g/mol. The topological polar surface area (TPSA) is 52.3 Å². The monoisotopic (exact) mass is 291 g/mol. The van der Waals surface area contributed by atoms with E-state index < -0.39 is 0 Å². The van der Waals surface area contributed by atoms with E-state index in [4.69, 9.17) is 10.5 Å². The van der Waals surface area contributed by atoms with Crippen LogP contribution in [0.4, 0.5) is 0 Å². The molecule has 0 radical (unpaired) electrons. The van der Waals surface area contributed by atoms with Crippen LogP contribution in [0.5, 0.6) is 5.75 Å². The molecule has 2 aromatic carbocycles. The lowest BCUT2D eigenvalue weighted by molar-refractivity contribution is 0.0921. The van der Waals surface area contributed by atoms with Gasteiger partial charge in [-0.3, -0.25) is 4.79 Å². The molecule has 0 aliphatic carbocycles. The van der Waals surface area contributed by atoms with Crippen LogP contribution >= 0.6 is 12.4 Å². The Kier molecular flexibility index (Phi) is 6.77. The smallest absolute Gasteiger partial charge is 0.200 e. The van der Waals surface area contributed by atoms with Crippen LogP contribution in [0, 0.1) is 0 Å². The Labute approximate surface area is 125 Å². The molecule has 2 N–H and O–H groups in total. The van der Waals surface area contributed by atoms with Gasteiger partial charge in [-0.25, -0.2) is 0 Å². The van der Waals surface area contributed by atoms with Crippen LogP contribution in [0.25, 0.3) is 0 Å². The van der Waals surface area contributed by atoms with Crippen molar-refractivity contribution < 1.29 is 9.53 Å². The Morgan fingerprint density at radius 1 is 1.00 bits per heavy atom. The molecule has 0 spiro atoms. The number of Topliss-reactive ketones (excluding diaryl/α,β-unsaturated/α-hetero) is 1. The molecule has 106 valence electrons. The molecule has 0 fully saturated rings. The Morgan fingerprint density at radius 2 is 1.65 bits per heavy atom. The average Bonchev–Trinajstić information content (AvgIpc) is 2.47. The van der Waals surface area contributed by atoms with E-state index in [0.717, 1.165) is 6.42 Å². The lowest BCUT2D eigenvalue weighted by Crippen LogP contribution is -2.11. The van der Waals surface area contributed by atoms with Crippen molar-refractivity contribution in [3.63, 3.8) is 0 Å². The number of rotatable bonds is 6. The van der Waals surface area contributed by atoms with E-state index in [-0.39, 0.29) is 24.8 Å². The molecule has 0 aliphatic heterocycles. The zero-order chi connectivity index (χ0) is 13.5. The van der Waals surface area contributed by atoms with E-state index in [2.05, 4.69) is 0 Å². The van der Waals surface area contributed by atoms with Gasteiger partial charge in [-0.15, -0.1) is 12.4 Å². The Balaban J connectivity index is 0.00000200. The van der Waals surface area contributed by atoms with Crippen LogP contribution in [-0.4, -0.2) is 18.9 Å². The van der Waals surface area contributed by atoms with Crippen molar-refractivity contribution in [2.75, 3.05) is 13.2 Å². The molecule has 0 unspecified atom stereocenters. The molecule has 0 aliphatic rings. The molecule has 0 bridgehead atoms. The Bertz CT molecular complexity index is 526. The summed E-state index contributed by atoms with van der Waals surface area (Å²) in [7, 11) is 0. The second kappa shape index (κ2) is 8.35. The van der Waals surface area contributed by atoms with Gasteiger partial charge in [0.2, 0.25) is 0 Å².